The second-order valence-electron chi connectivity index (χ2n) is 6.95. The maximum Gasteiger partial charge on any atom is 0.260 e. The van der Waals surface area contributed by atoms with E-state index in [-0.39, 0.29) is 24.1 Å². The predicted molar refractivity (Wildman–Crippen MR) is 101 cm³/mol. The zero-order valence-corrected chi connectivity index (χ0v) is 15.5. The summed E-state index contributed by atoms with van der Waals surface area (Å²) in [5, 5.41) is 0. The molecule has 4 nitrogen and oxygen atoms in total. The summed E-state index contributed by atoms with van der Waals surface area (Å²) in [4.78, 5) is 26.5. The van der Waals surface area contributed by atoms with Crippen LogP contribution in [0.2, 0.25) is 0 Å². The van der Waals surface area contributed by atoms with Crippen molar-refractivity contribution in [3.63, 3.8) is 0 Å². The normalized spacial score (nSPS) is 14.6. The first-order chi connectivity index (χ1) is 13.0. The first-order valence-corrected chi connectivity index (χ1v) is 9.33. The van der Waals surface area contributed by atoms with Crippen molar-refractivity contribution >= 4 is 11.7 Å². The zero-order chi connectivity index (χ0) is 19.2. The number of halogens is 1. The number of hydrogen-bond acceptors (Lipinski definition) is 3. The summed E-state index contributed by atoms with van der Waals surface area (Å²) < 4.78 is 18.6. The molecule has 2 aromatic carbocycles. The van der Waals surface area contributed by atoms with Gasteiger partial charge < -0.3 is 9.64 Å². The van der Waals surface area contributed by atoms with E-state index in [1.54, 1.807) is 29.2 Å². The third kappa shape index (κ3) is 4.94. The van der Waals surface area contributed by atoms with Crippen LogP contribution in [0.15, 0.2) is 48.5 Å². The molecule has 2 aromatic rings. The summed E-state index contributed by atoms with van der Waals surface area (Å²) in [6.07, 6.45) is 5.71. The maximum absolute atomic E-state index is 13.0. The Morgan fingerprint density at radius 3 is 2.11 bits per heavy atom. The third-order valence-corrected chi connectivity index (χ3v) is 5.10. The summed E-state index contributed by atoms with van der Waals surface area (Å²) in [6, 6.07) is 12.4. The molecule has 142 valence electrons. The number of carbonyl (C=O) groups is 2. The predicted octanol–water partition coefficient (Wildman–Crippen LogP) is 4.23. The molecule has 0 atom stereocenters. The minimum absolute atomic E-state index is 0.0156. The Labute approximate surface area is 158 Å². The van der Waals surface area contributed by atoms with Crippen molar-refractivity contribution < 1.29 is 18.7 Å². The lowest BCUT2D eigenvalue weighted by Crippen LogP contribution is -2.40. The molecule has 0 spiro atoms. The quantitative estimate of drug-likeness (QED) is 0.716. The van der Waals surface area contributed by atoms with Crippen molar-refractivity contribution in [2.75, 3.05) is 13.7 Å². The van der Waals surface area contributed by atoms with E-state index in [4.69, 9.17) is 4.74 Å². The van der Waals surface area contributed by atoms with Crippen molar-refractivity contribution in [2.24, 2.45) is 0 Å². The van der Waals surface area contributed by atoms with E-state index in [1.165, 1.54) is 43.5 Å². The Bertz CT molecular complexity index is 780. The van der Waals surface area contributed by atoms with E-state index in [2.05, 4.69) is 0 Å². The molecule has 1 fully saturated rings. The summed E-state index contributed by atoms with van der Waals surface area (Å²) in [6.45, 7) is -0.0156. The summed E-state index contributed by atoms with van der Waals surface area (Å²) in [7, 11) is 1.84. The number of hydrogen-bond donors (Lipinski definition) is 0. The number of ether oxygens (including phenoxy) is 1. The van der Waals surface area contributed by atoms with Crippen molar-refractivity contribution in [2.45, 2.75) is 38.1 Å². The van der Waals surface area contributed by atoms with Crippen LogP contribution in [0.5, 0.6) is 5.75 Å². The van der Waals surface area contributed by atoms with E-state index in [9.17, 15) is 14.0 Å². The van der Waals surface area contributed by atoms with Gasteiger partial charge in [0.15, 0.2) is 12.4 Å². The number of ketones is 1. The van der Waals surface area contributed by atoms with Crippen molar-refractivity contribution in [1.82, 2.24) is 4.90 Å². The molecule has 5 heteroatoms. The molecule has 0 unspecified atom stereocenters. The molecule has 1 saturated carbocycles. The average Bonchev–Trinajstić information content (AvgIpc) is 2.72. The lowest BCUT2D eigenvalue weighted by Gasteiger charge is -2.31. The Morgan fingerprint density at radius 1 is 0.963 bits per heavy atom. The van der Waals surface area contributed by atoms with E-state index in [0.717, 1.165) is 12.8 Å². The van der Waals surface area contributed by atoms with Gasteiger partial charge in [0.1, 0.15) is 11.6 Å². The summed E-state index contributed by atoms with van der Waals surface area (Å²) in [5.74, 6) is -0.0581. The topological polar surface area (TPSA) is 46.6 Å². The van der Waals surface area contributed by atoms with Crippen LogP contribution in [0.25, 0.3) is 0 Å². The molecule has 0 aliphatic heterocycles. The molecule has 0 N–H and O–H groups in total. The molecule has 3 rings (SSSR count). The molecule has 0 bridgehead atoms. The number of nitrogens with zero attached hydrogens (tertiary/aromatic N) is 1. The van der Waals surface area contributed by atoms with Gasteiger partial charge >= 0.3 is 0 Å². The number of amides is 1. The number of benzene rings is 2. The third-order valence-electron chi connectivity index (χ3n) is 5.10. The number of rotatable bonds is 6. The molecular weight excluding hydrogens is 345 g/mol. The van der Waals surface area contributed by atoms with Crippen LogP contribution in [-0.2, 0) is 4.79 Å². The minimum atomic E-state index is -0.377. The Balaban J connectivity index is 1.55. The fourth-order valence-corrected chi connectivity index (χ4v) is 3.39. The van der Waals surface area contributed by atoms with Crippen molar-refractivity contribution in [3.05, 3.63) is 65.5 Å². The zero-order valence-electron chi connectivity index (χ0n) is 15.5. The molecule has 1 aliphatic rings. The first-order valence-electron chi connectivity index (χ1n) is 9.33. The lowest BCUT2D eigenvalue weighted by atomic mass is 9.94. The van der Waals surface area contributed by atoms with Crippen LogP contribution in [0.3, 0.4) is 0 Å². The van der Waals surface area contributed by atoms with Crippen molar-refractivity contribution in [1.29, 1.82) is 0 Å². The van der Waals surface area contributed by atoms with Gasteiger partial charge in [0.25, 0.3) is 5.91 Å². The van der Waals surface area contributed by atoms with Gasteiger partial charge in [-0.1, -0.05) is 19.3 Å². The Hall–Kier alpha value is -2.69. The highest BCUT2D eigenvalue weighted by atomic mass is 19.1. The molecule has 0 radical (unpaired) electrons. The van der Waals surface area contributed by atoms with E-state index in [1.807, 2.05) is 7.05 Å². The molecule has 27 heavy (non-hydrogen) atoms. The smallest absolute Gasteiger partial charge is 0.260 e. The average molecular weight is 369 g/mol. The van der Waals surface area contributed by atoms with Crippen LogP contribution >= 0.6 is 0 Å². The SMILES string of the molecule is CN(C(=O)COc1ccc(C(=O)c2ccc(F)cc2)cc1)C1CCCCC1. The molecule has 0 aromatic heterocycles. The number of carbonyl (C=O) groups excluding carboxylic acids is 2. The maximum atomic E-state index is 13.0. The van der Waals surface area contributed by atoms with Gasteiger partial charge in [-0.3, -0.25) is 9.59 Å². The monoisotopic (exact) mass is 369 g/mol. The second kappa shape index (κ2) is 8.80. The van der Waals surface area contributed by atoms with Crippen LogP contribution in [0, 0.1) is 5.82 Å². The summed E-state index contributed by atoms with van der Waals surface area (Å²) >= 11 is 0. The van der Waals surface area contributed by atoms with Gasteiger partial charge in [0.05, 0.1) is 0 Å². The first kappa shape index (κ1) is 19.1. The van der Waals surface area contributed by atoms with E-state index >= 15 is 0 Å². The van der Waals surface area contributed by atoms with E-state index < -0.39 is 0 Å². The van der Waals surface area contributed by atoms with Crippen LogP contribution in [0.1, 0.15) is 48.0 Å². The van der Waals surface area contributed by atoms with Gasteiger partial charge in [-0.15, -0.1) is 0 Å². The van der Waals surface area contributed by atoms with Crippen molar-refractivity contribution in [3.8, 4) is 5.75 Å². The minimum Gasteiger partial charge on any atom is -0.484 e. The van der Waals surface area contributed by atoms with Crippen LogP contribution in [-0.4, -0.2) is 36.3 Å². The highest BCUT2D eigenvalue weighted by Gasteiger charge is 2.22. The summed E-state index contributed by atoms with van der Waals surface area (Å²) in [5.41, 5.74) is 0.911. The second-order valence-corrected chi connectivity index (χ2v) is 6.95. The van der Waals surface area contributed by atoms with E-state index in [0.29, 0.717) is 22.9 Å². The molecule has 1 aliphatic carbocycles. The highest BCUT2D eigenvalue weighted by molar-refractivity contribution is 6.09. The number of likely N-dealkylation sites (N-methyl/N-ethyl adjacent to an activating group) is 1. The van der Waals surface area contributed by atoms with Crippen LogP contribution < -0.4 is 4.74 Å². The Kier molecular flexibility index (Phi) is 6.22. The fourth-order valence-electron chi connectivity index (χ4n) is 3.39. The van der Waals surface area contributed by atoms with Gasteiger partial charge in [0, 0.05) is 24.2 Å². The van der Waals surface area contributed by atoms with Gasteiger partial charge in [-0.25, -0.2) is 4.39 Å². The fraction of sp³-hybridized carbons (Fsp3) is 0.364. The van der Waals surface area contributed by atoms with Gasteiger partial charge in [-0.05, 0) is 61.4 Å². The largest absolute Gasteiger partial charge is 0.484 e. The molecular formula is C22H24FNO3. The Morgan fingerprint density at radius 2 is 1.52 bits per heavy atom. The molecule has 0 heterocycles. The van der Waals surface area contributed by atoms with Gasteiger partial charge in [0.2, 0.25) is 0 Å². The molecule has 1 amide bonds. The van der Waals surface area contributed by atoms with Gasteiger partial charge in [-0.2, -0.15) is 0 Å². The highest BCUT2D eigenvalue weighted by Crippen LogP contribution is 2.22. The van der Waals surface area contributed by atoms with Crippen LogP contribution in [0.4, 0.5) is 4.39 Å². The standard InChI is InChI=1S/C22H24FNO3/c1-24(19-5-3-2-4-6-19)21(25)15-27-20-13-9-17(10-14-20)22(26)16-7-11-18(23)12-8-16/h7-14,19H,2-6,15H2,1H3. The molecule has 0 saturated heterocycles. The lowest BCUT2D eigenvalue weighted by molar-refractivity contribution is -0.134.